The van der Waals surface area contributed by atoms with Gasteiger partial charge in [0.25, 0.3) is 5.91 Å². The summed E-state index contributed by atoms with van der Waals surface area (Å²) in [5.41, 5.74) is 1.24. The normalized spacial score (nSPS) is 10.5. The molecule has 0 radical (unpaired) electrons. The quantitative estimate of drug-likeness (QED) is 0.639. The Bertz CT molecular complexity index is 827. The number of anilines is 1. The fraction of sp³-hybridized carbons (Fsp3) is 0.353. The van der Waals surface area contributed by atoms with Crippen molar-refractivity contribution in [3.8, 4) is 0 Å². The molecule has 0 aliphatic carbocycles. The lowest BCUT2D eigenvalue weighted by Crippen LogP contribution is -2.32. The number of rotatable bonds is 7. The number of nitrogens with one attached hydrogen (secondary N) is 2. The smallest absolute Gasteiger partial charge is 0.341 e. The van der Waals surface area contributed by atoms with E-state index in [1.54, 1.807) is 13.0 Å². The van der Waals surface area contributed by atoms with Crippen LogP contribution in [0.4, 0.5) is 5.00 Å². The molecule has 2 heterocycles. The lowest BCUT2D eigenvalue weighted by atomic mass is 10.1. The lowest BCUT2D eigenvalue weighted by molar-refractivity contribution is -0.115. The topological polar surface area (TPSA) is 97.6 Å². The van der Waals surface area contributed by atoms with Gasteiger partial charge in [0.05, 0.1) is 18.7 Å². The number of halogens is 1. The Morgan fingerprint density at radius 1 is 1.27 bits per heavy atom. The van der Waals surface area contributed by atoms with Gasteiger partial charge in [0.15, 0.2) is 10.4 Å². The summed E-state index contributed by atoms with van der Waals surface area (Å²) in [6, 6.07) is 3.08. The predicted molar refractivity (Wildman–Crippen MR) is 102 cm³/mol. The highest BCUT2D eigenvalue weighted by atomic mass is 79.9. The summed E-state index contributed by atoms with van der Waals surface area (Å²) < 4.78 is 10.6. The van der Waals surface area contributed by atoms with Gasteiger partial charge in [-0.25, -0.2) is 4.79 Å². The van der Waals surface area contributed by atoms with Gasteiger partial charge in [-0.15, -0.1) is 11.3 Å². The van der Waals surface area contributed by atoms with Crippen LogP contribution in [0.2, 0.25) is 0 Å². The third-order valence-electron chi connectivity index (χ3n) is 3.50. The Morgan fingerprint density at radius 2 is 2.00 bits per heavy atom. The maximum absolute atomic E-state index is 12.2. The molecule has 0 saturated carbocycles. The number of carbonyl (C=O) groups is 3. The minimum atomic E-state index is -0.506. The van der Waals surface area contributed by atoms with Crippen LogP contribution in [0.3, 0.4) is 0 Å². The summed E-state index contributed by atoms with van der Waals surface area (Å²) in [5, 5.41) is 5.57. The molecule has 26 heavy (non-hydrogen) atoms. The number of hydrogen-bond acceptors (Lipinski definition) is 6. The van der Waals surface area contributed by atoms with Crippen molar-refractivity contribution in [2.45, 2.75) is 27.2 Å². The predicted octanol–water partition coefficient (Wildman–Crippen LogP) is 3.52. The second-order valence-corrected chi connectivity index (χ2v) is 7.26. The van der Waals surface area contributed by atoms with Crippen LogP contribution in [0.1, 0.15) is 45.2 Å². The van der Waals surface area contributed by atoms with E-state index in [1.807, 2.05) is 13.8 Å². The maximum atomic E-state index is 12.2. The molecule has 0 atom stereocenters. The van der Waals surface area contributed by atoms with Gasteiger partial charge in [-0.1, -0.05) is 6.92 Å². The summed E-state index contributed by atoms with van der Waals surface area (Å²) in [5.74, 6) is -1.32. The first-order valence-electron chi connectivity index (χ1n) is 8.00. The van der Waals surface area contributed by atoms with Gasteiger partial charge >= 0.3 is 5.97 Å². The molecular weight excluding hydrogens is 424 g/mol. The Morgan fingerprint density at radius 3 is 2.58 bits per heavy atom. The number of aryl methyl sites for hydroxylation is 1. The first kappa shape index (κ1) is 20.2. The van der Waals surface area contributed by atoms with E-state index >= 15 is 0 Å². The van der Waals surface area contributed by atoms with Crippen molar-refractivity contribution in [3.05, 3.63) is 38.6 Å². The van der Waals surface area contributed by atoms with E-state index in [-0.39, 0.29) is 18.9 Å². The third kappa shape index (κ3) is 4.73. The molecule has 2 aromatic heterocycles. The Hall–Kier alpha value is -2.13. The molecule has 0 aromatic carbocycles. The monoisotopic (exact) mass is 442 g/mol. The van der Waals surface area contributed by atoms with Gasteiger partial charge in [-0.2, -0.15) is 0 Å². The van der Waals surface area contributed by atoms with E-state index in [0.29, 0.717) is 21.7 Å². The van der Waals surface area contributed by atoms with Crippen molar-refractivity contribution in [2.75, 3.05) is 18.5 Å². The number of amides is 2. The molecule has 0 fully saturated rings. The maximum Gasteiger partial charge on any atom is 0.341 e. The minimum Gasteiger partial charge on any atom is -0.462 e. The van der Waals surface area contributed by atoms with Gasteiger partial charge in [0.2, 0.25) is 5.91 Å². The van der Waals surface area contributed by atoms with E-state index in [4.69, 9.17) is 9.15 Å². The molecule has 0 bridgehead atoms. The van der Waals surface area contributed by atoms with E-state index in [9.17, 15) is 14.4 Å². The van der Waals surface area contributed by atoms with Crippen molar-refractivity contribution in [1.29, 1.82) is 0 Å². The highest BCUT2D eigenvalue weighted by Crippen LogP contribution is 2.34. The van der Waals surface area contributed by atoms with Crippen molar-refractivity contribution in [2.24, 2.45) is 0 Å². The number of carbonyl (C=O) groups excluding carboxylic acids is 3. The number of hydrogen-bond donors (Lipinski definition) is 2. The first-order valence-corrected chi connectivity index (χ1v) is 9.61. The van der Waals surface area contributed by atoms with Crippen LogP contribution >= 0.6 is 27.3 Å². The van der Waals surface area contributed by atoms with Gasteiger partial charge in [-0.05, 0) is 53.9 Å². The molecule has 2 aromatic rings. The minimum absolute atomic E-state index is 0.0946. The molecule has 140 valence electrons. The Kier molecular flexibility index (Phi) is 6.98. The average Bonchev–Trinajstić information content (AvgIpc) is 3.15. The number of furan rings is 1. The van der Waals surface area contributed by atoms with Crippen LogP contribution in [0, 0.1) is 6.92 Å². The number of thiophene rings is 1. The number of esters is 1. The Labute approximate surface area is 163 Å². The number of ether oxygens (including phenoxy) is 1. The molecule has 0 aliphatic rings. The zero-order valence-corrected chi connectivity index (χ0v) is 17.0. The summed E-state index contributed by atoms with van der Waals surface area (Å²) in [6.45, 7) is 5.55. The molecule has 2 rings (SSSR count). The highest BCUT2D eigenvalue weighted by Gasteiger charge is 2.23. The van der Waals surface area contributed by atoms with Crippen molar-refractivity contribution in [3.63, 3.8) is 0 Å². The standard InChI is InChI=1S/C17H19BrN2O5S/c1-4-10-9(3)26-16(14(10)17(23)24-5-2)20-13(21)8-19-15(22)11-6-7-12(18)25-11/h6-7H,4-5,8H2,1-3H3,(H,19,22)(H,20,21). The average molecular weight is 443 g/mol. The van der Waals surface area contributed by atoms with E-state index in [0.717, 1.165) is 10.4 Å². The van der Waals surface area contributed by atoms with E-state index < -0.39 is 17.8 Å². The SMILES string of the molecule is CCOC(=O)c1c(NC(=O)CNC(=O)c2ccc(Br)o2)sc(C)c1CC. The van der Waals surface area contributed by atoms with Crippen molar-refractivity contribution < 1.29 is 23.5 Å². The molecule has 0 spiro atoms. The summed E-state index contributed by atoms with van der Waals surface area (Å²) >= 11 is 4.42. The molecular formula is C17H19BrN2O5S. The van der Waals surface area contributed by atoms with Gasteiger partial charge < -0.3 is 19.8 Å². The van der Waals surface area contributed by atoms with Crippen LogP contribution in [0.25, 0.3) is 0 Å². The van der Waals surface area contributed by atoms with Crippen LogP contribution in [-0.4, -0.2) is 30.9 Å². The molecule has 7 nitrogen and oxygen atoms in total. The molecule has 0 aliphatic heterocycles. The zero-order chi connectivity index (χ0) is 19.3. The fourth-order valence-electron chi connectivity index (χ4n) is 2.37. The summed E-state index contributed by atoms with van der Waals surface area (Å²) in [4.78, 5) is 37.3. The van der Waals surface area contributed by atoms with Crippen LogP contribution in [0.15, 0.2) is 21.2 Å². The molecule has 2 amide bonds. The molecule has 2 N–H and O–H groups in total. The van der Waals surface area contributed by atoms with Gasteiger partial charge in [0.1, 0.15) is 5.00 Å². The molecule has 0 saturated heterocycles. The van der Waals surface area contributed by atoms with Crippen LogP contribution in [0.5, 0.6) is 0 Å². The second kappa shape index (κ2) is 9.00. The fourth-order valence-corrected chi connectivity index (χ4v) is 3.82. The Balaban J connectivity index is 2.06. The van der Waals surface area contributed by atoms with Crippen LogP contribution < -0.4 is 10.6 Å². The largest absolute Gasteiger partial charge is 0.462 e. The van der Waals surface area contributed by atoms with Crippen molar-refractivity contribution >= 4 is 50.1 Å². The van der Waals surface area contributed by atoms with E-state index in [1.165, 1.54) is 17.4 Å². The van der Waals surface area contributed by atoms with Crippen molar-refractivity contribution in [1.82, 2.24) is 5.32 Å². The summed E-state index contributed by atoms with van der Waals surface area (Å²) in [7, 11) is 0. The van der Waals surface area contributed by atoms with Gasteiger partial charge in [0, 0.05) is 4.88 Å². The second-order valence-electron chi connectivity index (χ2n) is 5.25. The lowest BCUT2D eigenvalue weighted by Gasteiger charge is -2.08. The molecule has 0 unspecified atom stereocenters. The summed E-state index contributed by atoms with van der Waals surface area (Å²) in [6.07, 6.45) is 0.649. The van der Waals surface area contributed by atoms with Crippen LogP contribution in [-0.2, 0) is 16.0 Å². The van der Waals surface area contributed by atoms with Gasteiger partial charge in [-0.3, -0.25) is 9.59 Å². The highest BCUT2D eigenvalue weighted by molar-refractivity contribution is 9.10. The van der Waals surface area contributed by atoms with E-state index in [2.05, 4.69) is 26.6 Å². The molecule has 9 heteroatoms. The third-order valence-corrected chi connectivity index (χ3v) is 4.99. The zero-order valence-electron chi connectivity index (χ0n) is 14.6. The first-order chi connectivity index (χ1) is 12.4.